The van der Waals surface area contributed by atoms with E-state index in [1.165, 1.54) is 33.6 Å². The Morgan fingerprint density at radius 3 is 1.95 bits per heavy atom. The lowest BCUT2D eigenvalue weighted by Gasteiger charge is -2.35. The number of benzene rings is 8. The van der Waals surface area contributed by atoms with E-state index in [2.05, 4.69) is 99.8 Å². The SMILES string of the molecule is CCN(CC)c1ccc2c(-c3ccccc3C(=O)N3CCN(C(=O)CCC(=O)NCC(=O)N[C@@H](Cc4ccc(C(=O)c5ccccc5)cc4)C(=O)NCc4cn([C@@H](C)C(O)CN(CC(C)C)S(=O)(=O)c5ccccc5)nn4)CC3)c3ccc(=[N+](CC)CC)cc-3oc2c1.CN(C)c1cccc2c(S(C)(=O)=O)cccc12. The summed E-state index contributed by atoms with van der Waals surface area (Å²) in [5.74, 6) is -1.79. The van der Waals surface area contributed by atoms with Crippen molar-refractivity contribution in [2.75, 3.05) is 102 Å². The Kier molecular flexibility index (Phi) is 27.4. The van der Waals surface area contributed by atoms with E-state index < -0.39 is 62.3 Å². The number of nitrogens with one attached hydrogen (secondary N) is 3. The quantitative estimate of drug-likeness (QED) is 0.0185. The number of aromatic nitrogens is 3. The number of aliphatic hydroxyl groups excluding tert-OH is 1. The summed E-state index contributed by atoms with van der Waals surface area (Å²) in [5.41, 5.74) is 7.70. The third-order valence-corrected chi connectivity index (χ3v) is 22.7. The van der Waals surface area contributed by atoms with Crippen LogP contribution in [0.15, 0.2) is 202 Å². The van der Waals surface area contributed by atoms with E-state index in [1.54, 1.807) is 95.6 Å². The molecule has 578 valence electrons. The predicted octanol–water partition coefficient (Wildman–Crippen LogP) is 9.49. The zero-order valence-corrected chi connectivity index (χ0v) is 65.7. The minimum absolute atomic E-state index is 0.00585. The molecule has 3 atom stereocenters. The zero-order chi connectivity index (χ0) is 79.0. The molecule has 4 N–H and O–H groups in total. The Morgan fingerprint density at radius 2 is 1.29 bits per heavy atom. The van der Waals surface area contributed by atoms with Crippen LogP contribution in [0.25, 0.3) is 44.2 Å². The van der Waals surface area contributed by atoms with E-state index in [1.807, 2.05) is 87.4 Å². The predicted molar refractivity (Wildman–Crippen MR) is 429 cm³/mol. The number of hydrogen-bond acceptors (Lipinski definition) is 16. The van der Waals surface area contributed by atoms with Crippen LogP contribution in [0.1, 0.15) is 105 Å². The maximum Gasteiger partial charge on any atom is 0.254 e. The zero-order valence-electron chi connectivity index (χ0n) is 64.1. The number of nitrogens with zero attached hydrogens (tertiary/aromatic N) is 9. The molecule has 0 spiro atoms. The number of fused-ring (bicyclic) bond motifs is 3. The first-order valence-corrected chi connectivity index (χ1v) is 40.6. The fourth-order valence-corrected chi connectivity index (χ4v) is 16.2. The van der Waals surface area contributed by atoms with Crippen molar-refractivity contribution in [2.45, 2.75) is 102 Å². The summed E-state index contributed by atoms with van der Waals surface area (Å²) in [6.07, 6.45) is 1.21. The molecule has 1 aliphatic carbocycles. The van der Waals surface area contributed by atoms with Gasteiger partial charge in [0.05, 0.1) is 47.3 Å². The lowest BCUT2D eigenvalue weighted by atomic mass is 9.90. The van der Waals surface area contributed by atoms with E-state index in [0.29, 0.717) is 44.2 Å². The molecule has 7 aromatic carbocycles. The Balaban J connectivity index is 0.000000664. The highest BCUT2D eigenvalue weighted by atomic mass is 32.2. The molecule has 2 aliphatic heterocycles. The Labute approximate surface area is 643 Å². The van der Waals surface area contributed by atoms with Crippen molar-refractivity contribution >= 4 is 88.3 Å². The van der Waals surface area contributed by atoms with Crippen molar-refractivity contribution in [2.24, 2.45) is 5.92 Å². The minimum Gasteiger partial charge on any atom is -0.456 e. The van der Waals surface area contributed by atoms with Crippen LogP contribution in [-0.2, 0) is 52.0 Å². The normalized spacial score (nSPS) is 13.3. The minimum atomic E-state index is -3.94. The molecular weight excluding hydrogens is 1430 g/mol. The highest BCUT2D eigenvalue weighted by molar-refractivity contribution is 7.91. The van der Waals surface area contributed by atoms with Crippen LogP contribution in [0.5, 0.6) is 0 Å². The average Bonchev–Trinajstić information content (AvgIpc) is 0.812. The molecule has 11 rings (SSSR count). The van der Waals surface area contributed by atoms with Gasteiger partial charge >= 0.3 is 0 Å². The number of amides is 5. The fraction of sp³-hybridized carbons (Fsp3) is 0.345. The Bertz CT molecular complexity index is 5190. The second-order valence-corrected chi connectivity index (χ2v) is 31.9. The maximum atomic E-state index is 14.7. The first kappa shape index (κ1) is 81.6. The number of anilines is 2. The molecule has 0 bridgehead atoms. The Morgan fingerprint density at radius 1 is 0.645 bits per heavy atom. The van der Waals surface area contributed by atoms with E-state index in [-0.39, 0.29) is 93.5 Å². The van der Waals surface area contributed by atoms with Crippen molar-refractivity contribution in [1.29, 1.82) is 0 Å². The second-order valence-electron chi connectivity index (χ2n) is 27.9. The van der Waals surface area contributed by atoms with Crippen LogP contribution in [0.2, 0.25) is 0 Å². The number of ketones is 1. The fourth-order valence-electron chi connectivity index (χ4n) is 13.7. The highest BCUT2D eigenvalue weighted by Crippen LogP contribution is 2.43. The van der Waals surface area contributed by atoms with E-state index in [9.17, 15) is 50.7 Å². The molecule has 110 heavy (non-hydrogen) atoms. The summed E-state index contributed by atoms with van der Waals surface area (Å²) in [6.45, 7) is 17.6. The van der Waals surface area contributed by atoms with Crippen LogP contribution in [-0.4, -0.2) is 191 Å². The molecule has 1 aromatic heterocycles. The molecule has 1 unspecified atom stereocenters. The molecule has 0 saturated carbocycles. The largest absolute Gasteiger partial charge is 0.456 e. The van der Waals surface area contributed by atoms with Gasteiger partial charge in [0, 0.05) is 159 Å². The number of carbonyl (C=O) groups is 6. The van der Waals surface area contributed by atoms with Crippen molar-refractivity contribution in [3.05, 3.63) is 221 Å². The van der Waals surface area contributed by atoms with Gasteiger partial charge in [0.2, 0.25) is 39.0 Å². The molecule has 1 fully saturated rings. The third kappa shape index (κ3) is 19.9. The van der Waals surface area contributed by atoms with Crippen LogP contribution in [0.3, 0.4) is 0 Å². The number of sulfonamides is 1. The molecule has 1 saturated heterocycles. The molecule has 5 amide bonds. The summed E-state index contributed by atoms with van der Waals surface area (Å²) < 4.78 is 62.3. The van der Waals surface area contributed by atoms with Crippen LogP contribution in [0, 0.1) is 5.92 Å². The number of sulfone groups is 1. The molecule has 3 aliphatic rings. The number of rotatable bonds is 30. The van der Waals surface area contributed by atoms with Gasteiger partial charge in [0.25, 0.3) is 5.91 Å². The molecule has 0 radical (unpaired) electrons. The third-order valence-electron chi connectivity index (χ3n) is 19.7. The van der Waals surface area contributed by atoms with Gasteiger partial charge in [-0.3, -0.25) is 28.8 Å². The lowest BCUT2D eigenvalue weighted by Crippen LogP contribution is -2.51. The second kappa shape index (κ2) is 37.0. The summed E-state index contributed by atoms with van der Waals surface area (Å²) in [6, 6.07) is 52.8. The summed E-state index contributed by atoms with van der Waals surface area (Å²) in [7, 11) is -3.23. The van der Waals surface area contributed by atoms with Crippen molar-refractivity contribution in [3.63, 3.8) is 0 Å². The topological polar surface area (TPSA) is 290 Å². The van der Waals surface area contributed by atoms with Gasteiger partial charge in [-0.15, -0.1) is 5.10 Å². The van der Waals surface area contributed by atoms with Crippen LogP contribution >= 0.6 is 0 Å². The number of carbonyl (C=O) groups excluding carboxylic acids is 6. The average molecular weight is 1530 g/mol. The standard InChI is InChI=1S/C71H83N11O10S.C13H15NO2S/c1-8-77(9-2)54-30-32-59-63(41-54)92-64-42-55(78(10-3)11-4)31-33-60(64)68(59)57-24-18-19-25-58(57)71(89)80-38-36-79(37-39-80)67(86)35-34-65(84)72-44-66(85)74-61(40-50-26-28-52(29-27-50)69(87)51-20-14-12-15-21-51)70(88)73-43-53-46-82(76-75-53)49(7)62(83)47-81(45-48(5)6)93(90,91)56-22-16-13-17-23-56;1-14(2)12-8-4-7-11-10(12)6-5-9-13(11)17(3,15)16/h12-33,41-42,46,48-49,61-62,83H,8-11,34-40,43-45,47H2,1-7H3,(H2-,72,73,74,84,85,88);4-9H,1-3H3/p+1/t49-,61-,62?;/m0./s1. The highest BCUT2D eigenvalue weighted by Gasteiger charge is 2.33. The lowest BCUT2D eigenvalue weighted by molar-refractivity contribution is -0.135. The van der Waals surface area contributed by atoms with Gasteiger partial charge in [-0.1, -0.05) is 134 Å². The Hall–Kier alpha value is -10.9. The molecule has 8 aromatic rings. The number of piperazine rings is 1. The van der Waals surface area contributed by atoms with Crippen molar-refractivity contribution < 1.29 is 55.1 Å². The number of aliphatic hydroxyl groups is 1. The summed E-state index contributed by atoms with van der Waals surface area (Å²) in [5, 5.41) is 31.5. The van der Waals surface area contributed by atoms with Crippen molar-refractivity contribution in [3.8, 4) is 22.5 Å². The van der Waals surface area contributed by atoms with Crippen LogP contribution < -0.4 is 35.7 Å². The monoisotopic (exact) mass is 1530 g/mol. The van der Waals surface area contributed by atoms with Gasteiger partial charge in [-0.05, 0) is 100 Å². The van der Waals surface area contributed by atoms with Crippen LogP contribution in [0.4, 0.5) is 11.4 Å². The van der Waals surface area contributed by atoms with E-state index in [4.69, 9.17) is 4.42 Å². The van der Waals surface area contributed by atoms with Gasteiger partial charge in [-0.25, -0.2) is 26.1 Å². The molecular formula is C84H99N12O12S2+. The summed E-state index contributed by atoms with van der Waals surface area (Å²) >= 11 is 0. The first-order valence-electron chi connectivity index (χ1n) is 37.3. The molecule has 3 heterocycles. The number of hydrogen-bond donors (Lipinski definition) is 4. The first-order chi connectivity index (χ1) is 52.7. The van der Waals surface area contributed by atoms with Gasteiger partial charge in [0.15, 0.2) is 15.6 Å². The van der Waals surface area contributed by atoms with Gasteiger partial charge in [-0.2, -0.15) is 4.31 Å². The van der Waals surface area contributed by atoms with E-state index >= 15 is 0 Å². The molecule has 26 heteroatoms. The smallest absolute Gasteiger partial charge is 0.254 e. The molecule has 24 nitrogen and oxygen atoms in total. The maximum absolute atomic E-state index is 14.7. The van der Waals surface area contributed by atoms with Gasteiger partial charge in [0.1, 0.15) is 36.2 Å². The summed E-state index contributed by atoms with van der Waals surface area (Å²) in [4.78, 5) is 90.5. The van der Waals surface area contributed by atoms with Crippen molar-refractivity contribution in [1.82, 2.24) is 49.6 Å². The van der Waals surface area contributed by atoms with E-state index in [0.717, 1.165) is 75.8 Å². The van der Waals surface area contributed by atoms with Gasteiger partial charge < -0.3 is 45.1 Å².